The molecule has 2 unspecified atom stereocenters. The molecule has 0 aliphatic rings. The second kappa shape index (κ2) is 66.7. The van der Waals surface area contributed by atoms with Crippen LogP contribution in [0, 0.1) is 0 Å². The van der Waals surface area contributed by atoms with Crippen LogP contribution >= 0.6 is 0 Å². The number of aliphatic carboxylic acids is 1. The van der Waals surface area contributed by atoms with Crippen LogP contribution in [0.3, 0.4) is 0 Å². The normalized spacial score (nSPS) is 13.1. The Labute approximate surface area is 526 Å². The largest absolute Gasteiger partial charge is 0.545 e. The van der Waals surface area contributed by atoms with E-state index in [1.807, 2.05) is 21.1 Å². The van der Waals surface area contributed by atoms with Crippen LogP contribution in [0.2, 0.25) is 0 Å². The zero-order valence-electron chi connectivity index (χ0n) is 56.5. The van der Waals surface area contributed by atoms with Gasteiger partial charge in [0.2, 0.25) is 0 Å². The van der Waals surface area contributed by atoms with Crippen molar-refractivity contribution in [2.24, 2.45) is 0 Å². The number of likely N-dealkylation sites (N-methyl/N-ethyl adjacent to an activating group) is 1. The summed E-state index contributed by atoms with van der Waals surface area (Å²) in [6, 6.07) is 0. The Hall–Kier alpha value is -3.27. The maximum absolute atomic E-state index is 12.9. The van der Waals surface area contributed by atoms with Crippen LogP contribution in [0.5, 0.6) is 0 Å². The standard InChI is InChI=1S/C76H137NO8/c1-6-8-10-12-14-16-18-20-22-24-26-28-29-30-31-32-33-34-35-36-37-38-39-40-41-42-43-44-45-47-49-51-53-55-57-59-61-63-65-67-74(79)85-72(71-84-76(75(80)81)82-69-68-77(3,4)5)70-83-73(78)66-64-62-60-58-56-54-52-50-48-46-27-25-23-21-19-17-15-13-11-9-7-2/h8,10,14,16,19-22,25-28,72,76H,6-7,9,11-13,15,17-18,23-24,29-71H2,1-5H3/b10-8-,16-14-,21-19-,22-20-,27-25-,28-26-. The van der Waals surface area contributed by atoms with Gasteiger partial charge in [-0.1, -0.05) is 311 Å². The minimum absolute atomic E-state index is 0.148. The van der Waals surface area contributed by atoms with Crippen LogP contribution < -0.4 is 5.11 Å². The van der Waals surface area contributed by atoms with Crippen molar-refractivity contribution < 1.29 is 42.9 Å². The third-order valence-electron chi connectivity index (χ3n) is 15.9. The van der Waals surface area contributed by atoms with Crippen LogP contribution in [0.1, 0.15) is 335 Å². The Morgan fingerprint density at radius 3 is 1.00 bits per heavy atom. The molecule has 494 valence electrons. The zero-order valence-corrected chi connectivity index (χ0v) is 56.5. The average Bonchev–Trinajstić information content (AvgIpc) is 3.49. The number of carbonyl (C=O) groups excluding carboxylic acids is 3. The molecule has 0 bridgehead atoms. The minimum Gasteiger partial charge on any atom is -0.545 e. The molecule has 85 heavy (non-hydrogen) atoms. The van der Waals surface area contributed by atoms with E-state index < -0.39 is 24.3 Å². The third-order valence-corrected chi connectivity index (χ3v) is 15.9. The quantitative estimate of drug-likeness (QED) is 0.0195. The van der Waals surface area contributed by atoms with E-state index in [4.69, 9.17) is 18.9 Å². The van der Waals surface area contributed by atoms with Gasteiger partial charge >= 0.3 is 11.9 Å². The van der Waals surface area contributed by atoms with Crippen molar-refractivity contribution in [2.75, 3.05) is 47.5 Å². The molecule has 0 spiro atoms. The number of hydrogen-bond donors (Lipinski definition) is 0. The highest BCUT2D eigenvalue weighted by Crippen LogP contribution is 2.18. The first-order valence-electron chi connectivity index (χ1n) is 36.1. The molecule has 0 aromatic rings. The zero-order chi connectivity index (χ0) is 61.9. The fraction of sp³-hybridized carbons (Fsp3) is 0.803. The topological polar surface area (TPSA) is 111 Å². The second-order valence-electron chi connectivity index (χ2n) is 25.5. The van der Waals surface area contributed by atoms with Crippen molar-refractivity contribution in [3.8, 4) is 0 Å². The predicted molar refractivity (Wildman–Crippen MR) is 361 cm³/mol. The van der Waals surface area contributed by atoms with E-state index in [2.05, 4.69) is 86.8 Å². The fourth-order valence-corrected chi connectivity index (χ4v) is 10.4. The number of allylic oxidation sites excluding steroid dienone is 12. The van der Waals surface area contributed by atoms with Crippen molar-refractivity contribution in [1.82, 2.24) is 0 Å². The number of nitrogens with zero attached hydrogens (tertiary/aromatic N) is 1. The summed E-state index contributed by atoms with van der Waals surface area (Å²) in [5, 5.41) is 11.8. The highest BCUT2D eigenvalue weighted by Gasteiger charge is 2.22. The van der Waals surface area contributed by atoms with Crippen molar-refractivity contribution in [3.63, 3.8) is 0 Å². The van der Waals surface area contributed by atoms with Crippen LogP contribution in [0.25, 0.3) is 0 Å². The van der Waals surface area contributed by atoms with Gasteiger partial charge in [0, 0.05) is 12.8 Å². The predicted octanol–water partition coefficient (Wildman–Crippen LogP) is 21.1. The van der Waals surface area contributed by atoms with E-state index >= 15 is 0 Å². The molecule has 0 saturated heterocycles. The summed E-state index contributed by atoms with van der Waals surface area (Å²) in [5.74, 6) is -2.27. The lowest BCUT2D eigenvalue weighted by atomic mass is 10.0. The van der Waals surface area contributed by atoms with Gasteiger partial charge in [-0.05, 0) is 83.5 Å². The second-order valence-corrected chi connectivity index (χ2v) is 25.5. The van der Waals surface area contributed by atoms with Gasteiger partial charge in [-0.15, -0.1) is 0 Å². The molecule has 9 heteroatoms. The molecule has 0 aliphatic heterocycles. The van der Waals surface area contributed by atoms with E-state index in [-0.39, 0.29) is 38.6 Å². The maximum Gasteiger partial charge on any atom is 0.306 e. The van der Waals surface area contributed by atoms with Crippen molar-refractivity contribution in [2.45, 2.75) is 347 Å². The first-order valence-corrected chi connectivity index (χ1v) is 36.1. The summed E-state index contributed by atoms with van der Waals surface area (Å²) in [6.07, 6.45) is 85.7. The van der Waals surface area contributed by atoms with E-state index in [9.17, 15) is 19.5 Å². The molecular formula is C76H137NO8. The Bertz CT molecular complexity index is 1620. The lowest BCUT2D eigenvalue weighted by Crippen LogP contribution is -2.44. The highest BCUT2D eigenvalue weighted by molar-refractivity contribution is 5.70. The smallest absolute Gasteiger partial charge is 0.306 e. The molecular weight excluding hydrogens is 1050 g/mol. The summed E-state index contributed by atoms with van der Waals surface area (Å²) < 4.78 is 22.8. The maximum atomic E-state index is 12.9. The van der Waals surface area contributed by atoms with Crippen molar-refractivity contribution in [1.29, 1.82) is 0 Å². The molecule has 0 fully saturated rings. The molecule has 2 atom stereocenters. The minimum atomic E-state index is -1.62. The third kappa shape index (κ3) is 68.1. The first kappa shape index (κ1) is 81.7. The molecule has 0 aliphatic carbocycles. The number of esters is 2. The number of unbranched alkanes of at least 4 members (excludes halogenated alkanes) is 40. The number of hydrogen-bond acceptors (Lipinski definition) is 8. The number of ether oxygens (including phenoxy) is 4. The number of carbonyl (C=O) groups is 3. The molecule has 0 heterocycles. The number of rotatable bonds is 67. The first-order chi connectivity index (χ1) is 41.6. The highest BCUT2D eigenvalue weighted by atomic mass is 16.7. The Balaban J connectivity index is 3.99. The van der Waals surface area contributed by atoms with Gasteiger partial charge in [-0.25, -0.2) is 0 Å². The summed E-state index contributed by atoms with van der Waals surface area (Å²) in [5.41, 5.74) is 0. The van der Waals surface area contributed by atoms with Gasteiger partial charge in [0.15, 0.2) is 12.4 Å². The van der Waals surface area contributed by atoms with Gasteiger partial charge < -0.3 is 33.3 Å². The van der Waals surface area contributed by atoms with Crippen LogP contribution in [0.15, 0.2) is 72.9 Å². The Morgan fingerprint density at radius 1 is 0.365 bits per heavy atom. The van der Waals surface area contributed by atoms with Gasteiger partial charge in [-0.2, -0.15) is 0 Å². The lowest BCUT2D eigenvalue weighted by molar-refractivity contribution is -0.870. The van der Waals surface area contributed by atoms with E-state index in [1.165, 1.54) is 238 Å². The molecule has 0 N–H and O–H groups in total. The van der Waals surface area contributed by atoms with Gasteiger partial charge in [0.1, 0.15) is 13.2 Å². The fourth-order valence-electron chi connectivity index (χ4n) is 10.4. The summed E-state index contributed by atoms with van der Waals surface area (Å²) >= 11 is 0. The monoisotopic (exact) mass is 1190 g/mol. The van der Waals surface area contributed by atoms with E-state index in [1.54, 1.807) is 0 Å². The number of carboxylic acids is 1. The van der Waals surface area contributed by atoms with Crippen molar-refractivity contribution in [3.05, 3.63) is 72.9 Å². The summed E-state index contributed by atoms with van der Waals surface area (Å²) in [4.78, 5) is 37.5. The van der Waals surface area contributed by atoms with E-state index in [0.717, 1.165) is 64.2 Å². The molecule has 9 nitrogen and oxygen atoms in total. The molecule has 0 aromatic heterocycles. The Kier molecular flexibility index (Phi) is 64.1. The average molecular weight is 1190 g/mol. The molecule has 0 radical (unpaired) electrons. The van der Waals surface area contributed by atoms with Crippen molar-refractivity contribution >= 4 is 17.9 Å². The van der Waals surface area contributed by atoms with Gasteiger partial charge in [0.05, 0.1) is 40.3 Å². The lowest BCUT2D eigenvalue weighted by Gasteiger charge is -2.26. The SMILES string of the molecule is CC/C=C\C/C=C\C/C=C\C/C=C\CCCCCCCCCCCCCCCCCCCCCCCCCCCCC(=O)OC(COC(=O)CCCCCCCCCCC/C=C\C/C=C\CCCCCCC)COC(OCC[N+](C)(C)C)C(=O)[O-]. The molecule has 0 aromatic carbocycles. The van der Waals surface area contributed by atoms with Crippen LogP contribution in [0.4, 0.5) is 0 Å². The van der Waals surface area contributed by atoms with Gasteiger partial charge in [-0.3, -0.25) is 9.59 Å². The Morgan fingerprint density at radius 2 is 0.671 bits per heavy atom. The van der Waals surface area contributed by atoms with Crippen LogP contribution in [-0.2, 0) is 33.3 Å². The molecule has 0 rings (SSSR count). The van der Waals surface area contributed by atoms with Gasteiger partial charge in [0.25, 0.3) is 0 Å². The van der Waals surface area contributed by atoms with E-state index in [0.29, 0.717) is 17.4 Å². The summed E-state index contributed by atoms with van der Waals surface area (Å²) in [7, 11) is 5.94. The molecule has 0 saturated carbocycles. The van der Waals surface area contributed by atoms with Crippen LogP contribution in [-0.4, -0.2) is 82.3 Å². The molecule has 0 amide bonds. The number of quaternary nitrogens is 1. The number of carboxylic acid groups (broad SMARTS) is 1. The summed E-state index contributed by atoms with van der Waals surface area (Å²) in [6.45, 7) is 4.66.